The maximum atomic E-state index is 5.65. The lowest BCUT2D eigenvalue weighted by molar-refractivity contribution is 0.116. The van der Waals surface area contributed by atoms with Gasteiger partial charge >= 0.3 is 0 Å². The van der Waals surface area contributed by atoms with E-state index in [4.69, 9.17) is 4.74 Å². The van der Waals surface area contributed by atoms with Crippen LogP contribution in [-0.2, 0) is 0 Å². The fourth-order valence-corrected chi connectivity index (χ4v) is 3.67. The number of likely N-dealkylation sites (tertiary alicyclic amines) is 1. The molecule has 1 aromatic rings. The molecule has 2 atom stereocenters. The third-order valence-corrected chi connectivity index (χ3v) is 4.63. The van der Waals surface area contributed by atoms with Crippen molar-refractivity contribution in [1.29, 1.82) is 0 Å². The quantitative estimate of drug-likeness (QED) is 0.898. The smallest absolute Gasteiger partial charge is 0.123 e. The van der Waals surface area contributed by atoms with Gasteiger partial charge in [-0.1, -0.05) is 24.6 Å². The molecule has 1 N–H and O–H groups in total. The summed E-state index contributed by atoms with van der Waals surface area (Å²) in [6.07, 6.45) is 3.90. The van der Waals surface area contributed by atoms with Gasteiger partial charge in [0.25, 0.3) is 0 Å². The van der Waals surface area contributed by atoms with Crippen molar-refractivity contribution in [3.63, 3.8) is 0 Å². The van der Waals surface area contributed by atoms with Crippen molar-refractivity contribution in [2.45, 2.75) is 45.2 Å². The maximum Gasteiger partial charge on any atom is 0.123 e. The predicted molar refractivity (Wildman–Crippen MR) is 88.8 cm³/mol. The lowest BCUT2D eigenvalue weighted by Crippen LogP contribution is -2.40. The van der Waals surface area contributed by atoms with Crippen molar-refractivity contribution in [3.8, 4) is 5.75 Å². The Balaban J connectivity index is 2.42. The molecule has 21 heavy (non-hydrogen) atoms. The molecule has 2 rings (SSSR count). The molecule has 0 aromatic heterocycles. The minimum Gasteiger partial charge on any atom is -0.496 e. The molecule has 1 aliphatic rings. The van der Waals surface area contributed by atoms with Crippen LogP contribution in [0.3, 0.4) is 0 Å². The van der Waals surface area contributed by atoms with Gasteiger partial charge in [0.15, 0.2) is 0 Å². The van der Waals surface area contributed by atoms with Crippen LogP contribution in [0.1, 0.15) is 44.7 Å². The molecule has 1 heterocycles. The van der Waals surface area contributed by atoms with E-state index in [1.54, 1.807) is 7.11 Å². The number of nitrogens with one attached hydrogen (secondary N) is 1. The standard InChI is InChI=1S/C18H30N2O/c1-14(2)20-12-8-7-9-15(13-19-3)18(20)16-10-5-6-11-17(16)21-4/h5-6,10-11,14-15,18-19H,7-9,12-13H2,1-4H3. The van der Waals surface area contributed by atoms with Gasteiger partial charge in [-0.15, -0.1) is 0 Å². The van der Waals surface area contributed by atoms with Crippen LogP contribution in [0, 0.1) is 5.92 Å². The zero-order valence-electron chi connectivity index (χ0n) is 13.9. The highest BCUT2D eigenvalue weighted by atomic mass is 16.5. The van der Waals surface area contributed by atoms with Crippen molar-refractivity contribution >= 4 is 0 Å². The van der Waals surface area contributed by atoms with Gasteiger partial charge in [0, 0.05) is 17.6 Å². The van der Waals surface area contributed by atoms with Crippen molar-refractivity contribution in [2.75, 3.05) is 27.2 Å². The Morgan fingerprint density at radius 3 is 2.71 bits per heavy atom. The zero-order valence-corrected chi connectivity index (χ0v) is 13.9. The second kappa shape index (κ2) is 7.81. The monoisotopic (exact) mass is 290 g/mol. The van der Waals surface area contributed by atoms with Crippen LogP contribution in [0.4, 0.5) is 0 Å². The van der Waals surface area contributed by atoms with Gasteiger partial charge in [-0.25, -0.2) is 0 Å². The number of methoxy groups -OCH3 is 1. The number of nitrogens with zero attached hydrogens (tertiary/aromatic N) is 1. The van der Waals surface area contributed by atoms with Crippen LogP contribution in [0.2, 0.25) is 0 Å². The highest BCUT2D eigenvalue weighted by molar-refractivity contribution is 5.36. The Labute approximate surface area is 129 Å². The molecule has 0 saturated carbocycles. The zero-order chi connectivity index (χ0) is 15.2. The summed E-state index contributed by atoms with van der Waals surface area (Å²) in [6.45, 7) is 6.86. The molecule has 0 spiro atoms. The largest absolute Gasteiger partial charge is 0.496 e. The highest BCUT2D eigenvalue weighted by Gasteiger charge is 2.33. The van der Waals surface area contributed by atoms with Gasteiger partial charge < -0.3 is 10.1 Å². The molecule has 118 valence electrons. The van der Waals surface area contributed by atoms with Crippen LogP contribution < -0.4 is 10.1 Å². The van der Waals surface area contributed by atoms with Gasteiger partial charge in [-0.05, 0) is 58.8 Å². The summed E-state index contributed by atoms with van der Waals surface area (Å²) in [5, 5.41) is 3.39. The fourth-order valence-electron chi connectivity index (χ4n) is 3.67. The predicted octanol–water partition coefficient (Wildman–Crippen LogP) is 3.47. The summed E-state index contributed by atoms with van der Waals surface area (Å²) in [5.41, 5.74) is 1.34. The SMILES string of the molecule is CNCC1CCCCN(C(C)C)C1c1ccccc1OC. The van der Waals surface area contributed by atoms with Gasteiger partial charge in [-0.3, -0.25) is 4.90 Å². The molecule has 1 fully saturated rings. The van der Waals surface area contributed by atoms with Crippen molar-refractivity contribution in [2.24, 2.45) is 5.92 Å². The normalized spacial score (nSPS) is 24.0. The van der Waals surface area contributed by atoms with E-state index in [9.17, 15) is 0 Å². The third kappa shape index (κ3) is 3.78. The molecule has 0 bridgehead atoms. The van der Waals surface area contributed by atoms with Gasteiger partial charge in [-0.2, -0.15) is 0 Å². The first kappa shape index (κ1) is 16.3. The molecule has 1 saturated heterocycles. The Hall–Kier alpha value is -1.06. The average molecular weight is 290 g/mol. The first-order valence-corrected chi connectivity index (χ1v) is 8.22. The number of ether oxygens (including phenoxy) is 1. The third-order valence-electron chi connectivity index (χ3n) is 4.63. The van der Waals surface area contributed by atoms with Crippen LogP contribution in [0.25, 0.3) is 0 Å². The molecule has 0 radical (unpaired) electrons. The number of hydrogen-bond donors (Lipinski definition) is 1. The van der Waals surface area contributed by atoms with Crippen LogP contribution in [0.15, 0.2) is 24.3 Å². The molecular formula is C18H30N2O. The topological polar surface area (TPSA) is 24.5 Å². The maximum absolute atomic E-state index is 5.65. The second-order valence-corrected chi connectivity index (χ2v) is 6.33. The lowest BCUT2D eigenvalue weighted by Gasteiger charge is -2.38. The molecule has 3 heteroatoms. The van der Waals surface area contributed by atoms with Crippen molar-refractivity contribution < 1.29 is 4.74 Å². The first-order valence-electron chi connectivity index (χ1n) is 8.22. The Morgan fingerprint density at radius 2 is 2.05 bits per heavy atom. The van der Waals surface area contributed by atoms with E-state index in [0.29, 0.717) is 18.0 Å². The molecule has 0 aliphatic carbocycles. The molecule has 0 amide bonds. The summed E-state index contributed by atoms with van der Waals surface area (Å²) in [4.78, 5) is 2.66. The minimum absolute atomic E-state index is 0.441. The van der Waals surface area contributed by atoms with E-state index in [-0.39, 0.29) is 0 Å². The number of benzene rings is 1. The Kier molecular flexibility index (Phi) is 6.07. The summed E-state index contributed by atoms with van der Waals surface area (Å²) < 4.78 is 5.65. The molecule has 1 aromatic carbocycles. The van der Waals surface area contributed by atoms with E-state index in [1.165, 1.54) is 31.4 Å². The molecule has 3 nitrogen and oxygen atoms in total. The van der Waals surface area contributed by atoms with E-state index in [2.05, 4.69) is 55.4 Å². The number of para-hydroxylation sites is 1. The second-order valence-electron chi connectivity index (χ2n) is 6.33. The van der Waals surface area contributed by atoms with E-state index in [1.807, 2.05) is 0 Å². The summed E-state index contributed by atoms with van der Waals surface area (Å²) in [7, 11) is 3.84. The molecular weight excluding hydrogens is 260 g/mol. The number of hydrogen-bond acceptors (Lipinski definition) is 3. The van der Waals surface area contributed by atoms with Crippen molar-refractivity contribution in [3.05, 3.63) is 29.8 Å². The minimum atomic E-state index is 0.441. The van der Waals surface area contributed by atoms with Crippen LogP contribution in [0.5, 0.6) is 5.75 Å². The van der Waals surface area contributed by atoms with E-state index >= 15 is 0 Å². The molecule has 1 aliphatic heterocycles. The highest BCUT2D eigenvalue weighted by Crippen LogP contribution is 2.39. The Bertz CT molecular complexity index is 433. The Morgan fingerprint density at radius 1 is 1.29 bits per heavy atom. The molecule has 2 unspecified atom stereocenters. The van der Waals surface area contributed by atoms with Gasteiger partial charge in [0.2, 0.25) is 0 Å². The van der Waals surface area contributed by atoms with Crippen molar-refractivity contribution in [1.82, 2.24) is 10.2 Å². The van der Waals surface area contributed by atoms with E-state index in [0.717, 1.165) is 12.3 Å². The van der Waals surface area contributed by atoms with Crippen LogP contribution in [-0.4, -0.2) is 38.2 Å². The summed E-state index contributed by atoms with van der Waals surface area (Å²) in [6, 6.07) is 9.53. The number of rotatable bonds is 5. The van der Waals surface area contributed by atoms with Gasteiger partial charge in [0.05, 0.1) is 7.11 Å². The van der Waals surface area contributed by atoms with Gasteiger partial charge in [0.1, 0.15) is 5.75 Å². The van der Waals surface area contributed by atoms with Crippen LogP contribution >= 0.6 is 0 Å². The first-order chi connectivity index (χ1) is 10.2. The average Bonchev–Trinajstić information content (AvgIpc) is 2.70. The summed E-state index contributed by atoms with van der Waals surface area (Å²) in [5.74, 6) is 1.66. The lowest BCUT2D eigenvalue weighted by atomic mass is 9.88. The fraction of sp³-hybridized carbons (Fsp3) is 0.667. The van der Waals surface area contributed by atoms with E-state index < -0.39 is 0 Å². The summed E-state index contributed by atoms with van der Waals surface area (Å²) >= 11 is 0.